The van der Waals surface area contributed by atoms with Gasteiger partial charge >= 0.3 is 0 Å². The Bertz CT molecular complexity index is 419. The number of rotatable bonds is 2. The molecule has 0 amide bonds. The standard InChI is InChI=1S/C11H10BrNO/c12-9-3-1-8(2-4-9)11-6-5-10(7-13)14-11/h1-6H,7,13H2. The van der Waals surface area contributed by atoms with Crippen LogP contribution in [0.3, 0.4) is 0 Å². The van der Waals surface area contributed by atoms with Gasteiger partial charge in [0.2, 0.25) is 0 Å². The molecule has 0 aliphatic carbocycles. The number of nitrogens with two attached hydrogens (primary N) is 1. The summed E-state index contributed by atoms with van der Waals surface area (Å²) in [6, 6.07) is 11.8. The zero-order valence-corrected chi connectivity index (χ0v) is 9.12. The van der Waals surface area contributed by atoms with Gasteiger partial charge in [-0.2, -0.15) is 0 Å². The molecular weight excluding hydrogens is 242 g/mol. The fourth-order valence-corrected chi connectivity index (χ4v) is 1.52. The van der Waals surface area contributed by atoms with Crippen molar-refractivity contribution in [1.29, 1.82) is 0 Å². The summed E-state index contributed by atoms with van der Waals surface area (Å²) in [4.78, 5) is 0. The highest BCUT2D eigenvalue weighted by molar-refractivity contribution is 9.10. The molecule has 0 radical (unpaired) electrons. The summed E-state index contributed by atoms with van der Waals surface area (Å²) in [7, 11) is 0. The third-order valence-corrected chi connectivity index (χ3v) is 2.52. The van der Waals surface area contributed by atoms with E-state index in [1.165, 1.54) is 0 Å². The van der Waals surface area contributed by atoms with Crippen LogP contribution in [0, 0.1) is 0 Å². The fraction of sp³-hybridized carbons (Fsp3) is 0.0909. The lowest BCUT2D eigenvalue weighted by atomic mass is 10.2. The van der Waals surface area contributed by atoms with Crippen molar-refractivity contribution in [2.75, 3.05) is 0 Å². The first-order chi connectivity index (χ1) is 6.79. The molecule has 14 heavy (non-hydrogen) atoms. The van der Waals surface area contributed by atoms with E-state index in [1.54, 1.807) is 0 Å². The van der Waals surface area contributed by atoms with E-state index in [4.69, 9.17) is 10.2 Å². The topological polar surface area (TPSA) is 39.2 Å². The van der Waals surface area contributed by atoms with E-state index in [2.05, 4.69) is 15.9 Å². The summed E-state index contributed by atoms with van der Waals surface area (Å²) in [5, 5.41) is 0. The van der Waals surface area contributed by atoms with Gasteiger partial charge in [0.15, 0.2) is 0 Å². The third-order valence-electron chi connectivity index (χ3n) is 1.99. The van der Waals surface area contributed by atoms with Gasteiger partial charge in [0, 0.05) is 10.0 Å². The van der Waals surface area contributed by atoms with Crippen molar-refractivity contribution in [2.24, 2.45) is 5.73 Å². The molecule has 2 rings (SSSR count). The molecule has 0 unspecified atom stereocenters. The van der Waals surface area contributed by atoms with Crippen LogP contribution in [-0.2, 0) is 6.54 Å². The Morgan fingerprint density at radius 2 is 1.79 bits per heavy atom. The molecule has 0 bridgehead atoms. The predicted molar refractivity (Wildman–Crippen MR) is 59.7 cm³/mol. The van der Waals surface area contributed by atoms with Crippen molar-refractivity contribution in [3.63, 3.8) is 0 Å². The lowest BCUT2D eigenvalue weighted by molar-refractivity contribution is 0.525. The predicted octanol–water partition coefficient (Wildman–Crippen LogP) is 3.17. The molecule has 0 saturated heterocycles. The number of hydrogen-bond donors (Lipinski definition) is 1. The Morgan fingerprint density at radius 1 is 1.07 bits per heavy atom. The molecule has 1 aromatic heterocycles. The summed E-state index contributed by atoms with van der Waals surface area (Å²) >= 11 is 3.39. The van der Waals surface area contributed by atoms with Crippen molar-refractivity contribution in [1.82, 2.24) is 0 Å². The first-order valence-electron chi connectivity index (χ1n) is 4.34. The van der Waals surface area contributed by atoms with Crippen LogP contribution in [0.25, 0.3) is 11.3 Å². The van der Waals surface area contributed by atoms with Crippen molar-refractivity contribution in [3.05, 3.63) is 46.6 Å². The lowest BCUT2D eigenvalue weighted by Crippen LogP contribution is -1.92. The Hall–Kier alpha value is -1.06. The number of benzene rings is 1. The molecule has 0 aliphatic rings. The molecule has 0 spiro atoms. The van der Waals surface area contributed by atoms with Crippen molar-refractivity contribution in [3.8, 4) is 11.3 Å². The molecule has 0 aliphatic heterocycles. The fourth-order valence-electron chi connectivity index (χ4n) is 1.26. The third kappa shape index (κ3) is 1.89. The van der Waals surface area contributed by atoms with E-state index < -0.39 is 0 Å². The van der Waals surface area contributed by atoms with Crippen molar-refractivity contribution < 1.29 is 4.42 Å². The van der Waals surface area contributed by atoms with Gasteiger partial charge in [-0.15, -0.1) is 0 Å². The molecule has 0 saturated carbocycles. The smallest absolute Gasteiger partial charge is 0.134 e. The van der Waals surface area contributed by atoms with Gasteiger partial charge in [-0.1, -0.05) is 28.1 Å². The summed E-state index contributed by atoms with van der Waals surface area (Å²) in [5.74, 6) is 1.67. The number of furan rings is 1. The molecule has 0 fully saturated rings. The molecule has 1 aromatic carbocycles. The molecule has 3 heteroatoms. The monoisotopic (exact) mass is 251 g/mol. The van der Waals surface area contributed by atoms with Crippen LogP contribution in [0.15, 0.2) is 45.3 Å². The molecule has 1 heterocycles. The molecule has 2 nitrogen and oxygen atoms in total. The summed E-state index contributed by atoms with van der Waals surface area (Å²) < 4.78 is 6.58. The normalized spacial score (nSPS) is 10.4. The quantitative estimate of drug-likeness (QED) is 0.891. The second kappa shape index (κ2) is 3.98. The summed E-state index contributed by atoms with van der Waals surface area (Å²) in [5.41, 5.74) is 6.53. The highest BCUT2D eigenvalue weighted by Crippen LogP contribution is 2.23. The molecule has 72 valence electrons. The van der Waals surface area contributed by atoms with E-state index in [-0.39, 0.29) is 0 Å². The van der Waals surface area contributed by atoms with Crippen molar-refractivity contribution >= 4 is 15.9 Å². The maximum absolute atomic E-state index is 5.52. The SMILES string of the molecule is NCc1ccc(-c2ccc(Br)cc2)o1. The second-order valence-electron chi connectivity index (χ2n) is 2.98. The summed E-state index contributed by atoms with van der Waals surface area (Å²) in [6.07, 6.45) is 0. The van der Waals surface area contributed by atoms with E-state index in [1.807, 2.05) is 36.4 Å². The Kier molecular flexibility index (Phi) is 2.70. The minimum Gasteiger partial charge on any atom is -0.460 e. The maximum Gasteiger partial charge on any atom is 0.134 e. The van der Waals surface area contributed by atoms with Crippen LogP contribution in [0.4, 0.5) is 0 Å². The zero-order chi connectivity index (χ0) is 9.97. The molecule has 2 N–H and O–H groups in total. The van der Waals surface area contributed by atoms with Crippen LogP contribution in [-0.4, -0.2) is 0 Å². The van der Waals surface area contributed by atoms with Gasteiger partial charge in [0.05, 0.1) is 6.54 Å². The van der Waals surface area contributed by atoms with Gasteiger partial charge in [-0.3, -0.25) is 0 Å². The lowest BCUT2D eigenvalue weighted by Gasteiger charge is -1.96. The average Bonchev–Trinajstić information content (AvgIpc) is 2.67. The van der Waals surface area contributed by atoms with E-state index in [0.717, 1.165) is 21.6 Å². The second-order valence-corrected chi connectivity index (χ2v) is 3.89. The van der Waals surface area contributed by atoms with Gasteiger partial charge in [0.25, 0.3) is 0 Å². The van der Waals surface area contributed by atoms with Crippen molar-refractivity contribution in [2.45, 2.75) is 6.54 Å². The minimum absolute atomic E-state index is 0.441. The van der Waals surface area contributed by atoms with E-state index in [0.29, 0.717) is 6.54 Å². The molecular formula is C11H10BrNO. The first kappa shape index (κ1) is 9.49. The van der Waals surface area contributed by atoms with Crippen LogP contribution < -0.4 is 5.73 Å². The van der Waals surface area contributed by atoms with Crippen LogP contribution in [0.1, 0.15) is 5.76 Å². The number of halogens is 1. The summed E-state index contributed by atoms with van der Waals surface area (Å²) in [6.45, 7) is 0.441. The van der Waals surface area contributed by atoms with E-state index in [9.17, 15) is 0 Å². The van der Waals surface area contributed by atoms with Crippen LogP contribution in [0.5, 0.6) is 0 Å². The Labute approximate surface area is 90.9 Å². The largest absolute Gasteiger partial charge is 0.460 e. The highest BCUT2D eigenvalue weighted by atomic mass is 79.9. The van der Waals surface area contributed by atoms with Crippen LogP contribution >= 0.6 is 15.9 Å². The van der Waals surface area contributed by atoms with Gasteiger partial charge < -0.3 is 10.2 Å². The van der Waals surface area contributed by atoms with E-state index >= 15 is 0 Å². The first-order valence-corrected chi connectivity index (χ1v) is 5.13. The van der Waals surface area contributed by atoms with Gasteiger partial charge in [-0.05, 0) is 24.3 Å². The highest BCUT2D eigenvalue weighted by Gasteiger charge is 2.02. The average molecular weight is 252 g/mol. The Morgan fingerprint density at radius 3 is 2.36 bits per heavy atom. The number of hydrogen-bond acceptors (Lipinski definition) is 2. The Balaban J connectivity index is 2.34. The minimum atomic E-state index is 0.441. The van der Waals surface area contributed by atoms with Crippen LogP contribution in [0.2, 0.25) is 0 Å². The molecule has 2 aromatic rings. The van der Waals surface area contributed by atoms with Gasteiger partial charge in [-0.25, -0.2) is 0 Å². The van der Waals surface area contributed by atoms with Gasteiger partial charge in [0.1, 0.15) is 11.5 Å². The molecule has 0 atom stereocenters. The maximum atomic E-state index is 5.52. The zero-order valence-electron chi connectivity index (χ0n) is 7.53.